The van der Waals surface area contributed by atoms with Crippen LogP contribution in [0.15, 0.2) is 18.3 Å². The van der Waals surface area contributed by atoms with Gasteiger partial charge < -0.3 is 10.2 Å². The number of aromatic nitrogens is 1. The Morgan fingerprint density at radius 2 is 2.50 bits per heavy atom. The summed E-state index contributed by atoms with van der Waals surface area (Å²) in [5.41, 5.74) is 1.47. The number of carbonyl (C=O) groups excluding carboxylic acids is 1. The first-order chi connectivity index (χ1) is 8.72. The molecule has 1 unspecified atom stereocenters. The molecule has 1 aromatic heterocycles. The Morgan fingerprint density at radius 1 is 1.67 bits per heavy atom. The Kier molecular flexibility index (Phi) is 4.47. The van der Waals surface area contributed by atoms with Crippen molar-refractivity contribution in [3.63, 3.8) is 0 Å². The number of nitrogens with zero attached hydrogens (tertiary/aromatic N) is 2. The van der Waals surface area contributed by atoms with Crippen LogP contribution in [0, 0.1) is 0 Å². The van der Waals surface area contributed by atoms with Crippen LogP contribution in [0.4, 0.5) is 5.69 Å². The number of carbonyl (C=O) groups is 1. The van der Waals surface area contributed by atoms with Crippen LogP contribution >= 0.6 is 11.8 Å². The van der Waals surface area contributed by atoms with Gasteiger partial charge in [-0.3, -0.25) is 9.78 Å². The normalized spacial score (nSPS) is 18.7. The summed E-state index contributed by atoms with van der Waals surface area (Å²) in [4.78, 5) is 18.3. The third kappa shape index (κ3) is 2.96. The molecule has 5 heteroatoms. The van der Waals surface area contributed by atoms with E-state index in [0.717, 1.165) is 30.2 Å². The Balaban J connectivity index is 2.09. The van der Waals surface area contributed by atoms with Gasteiger partial charge in [0.25, 0.3) is 5.91 Å². The Bertz CT molecular complexity index is 418. The number of amides is 1. The molecule has 4 nitrogen and oxygen atoms in total. The molecule has 1 N–H and O–H groups in total. The average molecular weight is 265 g/mol. The van der Waals surface area contributed by atoms with E-state index < -0.39 is 0 Å². The van der Waals surface area contributed by atoms with Gasteiger partial charge in [-0.2, -0.15) is 11.8 Å². The van der Waals surface area contributed by atoms with Gasteiger partial charge in [0.2, 0.25) is 0 Å². The molecule has 0 bridgehead atoms. The second kappa shape index (κ2) is 6.09. The molecule has 1 amide bonds. The molecule has 98 valence electrons. The van der Waals surface area contributed by atoms with E-state index >= 15 is 0 Å². The van der Waals surface area contributed by atoms with Crippen LogP contribution < -0.4 is 5.32 Å². The van der Waals surface area contributed by atoms with Crippen molar-refractivity contribution in [1.29, 1.82) is 0 Å². The fourth-order valence-electron chi connectivity index (χ4n) is 2.04. The molecule has 1 fully saturated rings. The Labute approximate surface area is 112 Å². The molecule has 1 aliphatic rings. The number of hydrogen-bond acceptors (Lipinski definition) is 4. The lowest BCUT2D eigenvalue weighted by atomic mass is 10.2. The van der Waals surface area contributed by atoms with Crippen molar-refractivity contribution in [1.82, 2.24) is 9.88 Å². The van der Waals surface area contributed by atoms with Crippen molar-refractivity contribution in [3.8, 4) is 0 Å². The quantitative estimate of drug-likeness (QED) is 0.905. The predicted molar refractivity (Wildman–Crippen MR) is 76.2 cm³/mol. The van der Waals surface area contributed by atoms with E-state index in [-0.39, 0.29) is 5.91 Å². The predicted octanol–water partition coefficient (Wildman–Crippen LogP) is 2.09. The van der Waals surface area contributed by atoms with Crippen LogP contribution in [0.2, 0.25) is 0 Å². The van der Waals surface area contributed by atoms with E-state index in [1.54, 1.807) is 6.20 Å². The second-order valence-corrected chi connectivity index (χ2v) is 5.54. The van der Waals surface area contributed by atoms with E-state index in [9.17, 15) is 4.79 Å². The molecule has 2 heterocycles. The number of pyridine rings is 1. The van der Waals surface area contributed by atoms with Gasteiger partial charge in [-0.25, -0.2) is 0 Å². The fourth-order valence-corrected chi connectivity index (χ4v) is 3.30. The van der Waals surface area contributed by atoms with E-state index in [1.165, 1.54) is 0 Å². The monoisotopic (exact) mass is 265 g/mol. The average Bonchev–Trinajstić information content (AvgIpc) is 2.91. The molecular weight excluding hydrogens is 246 g/mol. The van der Waals surface area contributed by atoms with Crippen molar-refractivity contribution in [3.05, 3.63) is 24.0 Å². The van der Waals surface area contributed by atoms with Gasteiger partial charge in [-0.15, -0.1) is 0 Å². The summed E-state index contributed by atoms with van der Waals surface area (Å²) >= 11 is 1.91. The minimum atomic E-state index is 0.0160. The second-order valence-electron chi connectivity index (χ2n) is 4.39. The number of nitrogens with one attached hydrogen (secondary N) is 1. The van der Waals surface area contributed by atoms with Gasteiger partial charge >= 0.3 is 0 Å². The highest BCUT2D eigenvalue weighted by Crippen LogP contribution is 2.22. The molecule has 1 aromatic rings. The zero-order valence-corrected chi connectivity index (χ0v) is 11.7. The first kappa shape index (κ1) is 13.2. The number of hydrogen-bond donors (Lipinski definition) is 1. The maximum absolute atomic E-state index is 12.3. The highest BCUT2D eigenvalue weighted by atomic mass is 32.2. The highest BCUT2D eigenvalue weighted by Gasteiger charge is 2.25. The zero-order chi connectivity index (χ0) is 13.0. The lowest BCUT2D eigenvalue weighted by Crippen LogP contribution is -2.37. The molecule has 0 aromatic carbocycles. The van der Waals surface area contributed by atoms with Gasteiger partial charge in [0.1, 0.15) is 5.69 Å². The molecular formula is C13H19N3OS. The van der Waals surface area contributed by atoms with Gasteiger partial charge in [0.05, 0.1) is 0 Å². The maximum Gasteiger partial charge on any atom is 0.272 e. The lowest BCUT2D eigenvalue weighted by Gasteiger charge is -2.23. The van der Waals surface area contributed by atoms with Crippen LogP contribution in [0.3, 0.4) is 0 Å². The summed E-state index contributed by atoms with van der Waals surface area (Å²) in [5.74, 6) is 2.20. The van der Waals surface area contributed by atoms with Crippen LogP contribution in [-0.4, -0.2) is 46.9 Å². The molecule has 1 aliphatic heterocycles. The SMILES string of the molecule is CCNc1ccnc(C(=O)N(C)C2CCSC2)c1. The van der Waals surface area contributed by atoms with Crippen molar-refractivity contribution in [2.24, 2.45) is 0 Å². The van der Waals surface area contributed by atoms with E-state index in [0.29, 0.717) is 11.7 Å². The molecule has 2 rings (SSSR count). The van der Waals surface area contributed by atoms with Crippen LogP contribution in [-0.2, 0) is 0 Å². The molecule has 1 saturated heterocycles. The van der Waals surface area contributed by atoms with E-state index in [2.05, 4.69) is 10.3 Å². The zero-order valence-electron chi connectivity index (χ0n) is 10.8. The first-order valence-electron chi connectivity index (χ1n) is 6.27. The van der Waals surface area contributed by atoms with Gasteiger partial charge in [0, 0.05) is 37.3 Å². The maximum atomic E-state index is 12.3. The van der Waals surface area contributed by atoms with Gasteiger partial charge in [-0.05, 0) is 31.2 Å². The van der Waals surface area contributed by atoms with Crippen molar-refractivity contribution in [2.45, 2.75) is 19.4 Å². The number of anilines is 1. The standard InChI is InChI=1S/C13H19N3OS/c1-3-14-10-4-6-15-12(8-10)13(17)16(2)11-5-7-18-9-11/h4,6,8,11H,3,5,7,9H2,1-2H3,(H,14,15). The fraction of sp³-hybridized carbons (Fsp3) is 0.538. The summed E-state index contributed by atoms with van der Waals surface area (Å²) < 4.78 is 0. The first-order valence-corrected chi connectivity index (χ1v) is 7.42. The summed E-state index contributed by atoms with van der Waals surface area (Å²) in [5, 5.41) is 3.20. The molecule has 1 atom stereocenters. The minimum Gasteiger partial charge on any atom is -0.385 e. The molecule has 0 spiro atoms. The third-order valence-corrected chi connectivity index (χ3v) is 4.28. The largest absolute Gasteiger partial charge is 0.385 e. The lowest BCUT2D eigenvalue weighted by molar-refractivity contribution is 0.0742. The molecule has 0 radical (unpaired) electrons. The van der Waals surface area contributed by atoms with Gasteiger partial charge in [-0.1, -0.05) is 0 Å². The summed E-state index contributed by atoms with van der Waals surface area (Å²) in [6.45, 7) is 2.87. The van der Waals surface area contributed by atoms with Crippen LogP contribution in [0.25, 0.3) is 0 Å². The smallest absolute Gasteiger partial charge is 0.272 e. The van der Waals surface area contributed by atoms with E-state index in [4.69, 9.17) is 0 Å². The molecule has 18 heavy (non-hydrogen) atoms. The topological polar surface area (TPSA) is 45.2 Å². The van der Waals surface area contributed by atoms with E-state index in [1.807, 2.05) is 42.8 Å². The Morgan fingerprint density at radius 3 is 3.17 bits per heavy atom. The molecule has 0 aliphatic carbocycles. The summed E-state index contributed by atoms with van der Waals surface area (Å²) in [6.07, 6.45) is 2.77. The van der Waals surface area contributed by atoms with Gasteiger partial charge in [0.15, 0.2) is 0 Å². The highest BCUT2D eigenvalue weighted by molar-refractivity contribution is 7.99. The summed E-state index contributed by atoms with van der Waals surface area (Å²) in [7, 11) is 1.88. The number of thioether (sulfide) groups is 1. The van der Waals surface area contributed by atoms with Crippen molar-refractivity contribution >= 4 is 23.4 Å². The minimum absolute atomic E-state index is 0.0160. The summed E-state index contributed by atoms with van der Waals surface area (Å²) in [6, 6.07) is 4.06. The number of rotatable bonds is 4. The molecule has 0 saturated carbocycles. The van der Waals surface area contributed by atoms with Crippen LogP contribution in [0.5, 0.6) is 0 Å². The van der Waals surface area contributed by atoms with Crippen molar-refractivity contribution < 1.29 is 4.79 Å². The van der Waals surface area contributed by atoms with Crippen molar-refractivity contribution in [2.75, 3.05) is 30.4 Å². The van der Waals surface area contributed by atoms with Crippen LogP contribution in [0.1, 0.15) is 23.8 Å². The Hall–Kier alpha value is -1.23. The third-order valence-electron chi connectivity index (χ3n) is 3.13.